The van der Waals surface area contributed by atoms with Gasteiger partial charge in [-0.15, -0.1) is 0 Å². The van der Waals surface area contributed by atoms with E-state index in [9.17, 15) is 14.0 Å². The first-order valence-electron chi connectivity index (χ1n) is 8.89. The van der Waals surface area contributed by atoms with Crippen molar-refractivity contribution in [2.75, 3.05) is 18.9 Å². The van der Waals surface area contributed by atoms with Crippen LogP contribution in [0.4, 0.5) is 10.1 Å². The summed E-state index contributed by atoms with van der Waals surface area (Å²) in [6.07, 6.45) is 0. The van der Waals surface area contributed by atoms with Crippen LogP contribution in [0, 0.1) is 12.7 Å². The summed E-state index contributed by atoms with van der Waals surface area (Å²) in [7, 11) is 1.72. The maximum Gasteiger partial charge on any atom is 0.238 e. The first kappa shape index (κ1) is 20.6. The molecule has 5 nitrogen and oxygen atoms in total. The molecule has 27 heavy (non-hydrogen) atoms. The third kappa shape index (κ3) is 6.18. The number of anilines is 1. The zero-order valence-corrected chi connectivity index (χ0v) is 16.1. The van der Waals surface area contributed by atoms with Crippen LogP contribution in [0.3, 0.4) is 0 Å². The number of carbonyl (C=O) groups excluding carboxylic acids is 2. The Bertz CT molecular complexity index is 775. The smallest absolute Gasteiger partial charge is 0.238 e. The number of amides is 2. The number of nitrogens with one attached hydrogen (secondary N) is 2. The van der Waals surface area contributed by atoms with Crippen molar-refractivity contribution >= 4 is 17.5 Å². The van der Waals surface area contributed by atoms with Gasteiger partial charge in [-0.2, -0.15) is 0 Å². The molecule has 2 N–H and O–H groups in total. The maximum atomic E-state index is 13.0. The Kier molecular flexibility index (Phi) is 7.07. The highest BCUT2D eigenvalue weighted by Gasteiger charge is 2.22. The molecule has 0 fully saturated rings. The highest BCUT2D eigenvalue weighted by molar-refractivity contribution is 5.92. The standard InChI is InChI=1S/C21H26FN3O2/c1-14-5-11-19(12-6-14)24-20(26)13-25(4)16(3)21(27)23-15(2)17-7-9-18(22)10-8-17/h5-12,15-16H,13H2,1-4H3,(H,23,27)(H,24,26). The van der Waals surface area contributed by atoms with Crippen LogP contribution in [0.5, 0.6) is 0 Å². The predicted molar refractivity (Wildman–Crippen MR) is 105 cm³/mol. The summed E-state index contributed by atoms with van der Waals surface area (Å²) in [5.74, 6) is -0.699. The third-order valence-electron chi connectivity index (χ3n) is 4.50. The van der Waals surface area contributed by atoms with Gasteiger partial charge in [-0.1, -0.05) is 29.8 Å². The van der Waals surface area contributed by atoms with E-state index < -0.39 is 6.04 Å². The molecule has 144 valence electrons. The van der Waals surface area contributed by atoms with Crippen molar-refractivity contribution in [1.29, 1.82) is 0 Å². The minimum atomic E-state index is -0.489. The Morgan fingerprint density at radius 1 is 1.04 bits per heavy atom. The molecule has 0 aromatic heterocycles. The summed E-state index contributed by atoms with van der Waals surface area (Å²) in [5, 5.41) is 5.71. The second-order valence-corrected chi connectivity index (χ2v) is 6.79. The van der Waals surface area contributed by atoms with Gasteiger partial charge in [0, 0.05) is 5.69 Å². The van der Waals surface area contributed by atoms with Gasteiger partial charge in [-0.25, -0.2) is 4.39 Å². The van der Waals surface area contributed by atoms with E-state index in [1.165, 1.54) is 12.1 Å². The van der Waals surface area contributed by atoms with Gasteiger partial charge in [0.1, 0.15) is 5.82 Å². The Hall–Kier alpha value is -2.73. The van der Waals surface area contributed by atoms with Crippen molar-refractivity contribution < 1.29 is 14.0 Å². The number of aryl methyl sites for hydroxylation is 1. The van der Waals surface area contributed by atoms with Gasteiger partial charge in [0.2, 0.25) is 11.8 Å². The Morgan fingerprint density at radius 3 is 2.22 bits per heavy atom. The average Bonchev–Trinajstić information content (AvgIpc) is 2.63. The molecular formula is C21H26FN3O2. The maximum absolute atomic E-state index is 13.0. The molecule has 0 aliphatic rings. The predicted octanol–water partition coefficient (Wildman–Crippen LogP) is 3.27. The van der Waals surface area contributed by atoms with E-state index in [-0.39, 0.29) is 30.2 Å². The second-order valence-electron chi connectivity index (χ2n) is 6.79. The molecule has 2 rings (SSSR count). The van der Waals surface area contributed by atoms with Crippen LogP contribution in [-0.4, -0.2) is 36.3 Å². The van der Waals surface area contributed by atoms with Crippen molar-refractivity contribution in [2.24, 2.45) is 0 Å². The summed E-state index contributed by atoms with van der Waals surface area (Å²) >= 11 is 0. The van der Waals surface area contributed by atoms with Crippen LogP contribution >= 0.6 is 0 Å². The summed E-state index contributed by atoms with van der Waals surface area (Å²) < 4.78 is 13.0. The molecule has 0 saturated carbocycles. The average molecular weight is 371 g/mol. The number of hydrogen-bond donors (Lipinski definition) is 2. The van der Waals surface area contributed by atoms with Gasteiger partial charge in [0.25, 0.3) is 0 Å². The fraction of sp³-hybridized carbons (Fsp3) is 0.333. The van der Waals surface area contributed by atoms with E-state index in [1.54, 1.807) is 31.0 Å². The van der Waals surface area contributed by atoms with Crippen molar-refractivity contribution in [3.05, 3.63) is 65.5 Å². The molecule has 2 atom stereocenters. The third-order valence-corrected chi connectivity index (χ3v) is 4.50. The summed E-state index contributed by atoms with van der Waals surface area (Å²) in [6.45, 7) is 5.65. The quantitative estimate of drug-likeness (QED) is 0.785. The second kappa shape index (κ2) is 9.28. The van der Waals surface area contributed by atoms with Gasteiger partial charge in [0.15, 0.2) is 0 Å². The zero-order chi connectivity index (χ0) is 20.0. The number of rotatable bonds is 7. The SMILES string of the molecule is Cc1ccc(NC(=O)CN(C)C(C)C(=O)NC(C)c2ccc(F)cc2)cc1. The molecule has 0 saturated heterocycles. The molecule has 0 radical (unpaired) electrons. The summed E-state index contributed by atoms with van der Waals surface area (Å²) in [6, 6.07) is 12.8. The van der Waals surface area contributed by atoms with Crippen molar-refractivity contribution in [2.45, 2.75) is 32.9 Å². The zero-order valence-electron chi connectivity index (χ0n) is 16.1. The molecule has 0 spiro atoms. The monoisotopic (exact) mass is 371 g/mol. The number of carbonyl (C=O) groups is 2. The van der Waals surface area contributed by atoms with E-state index in [1.807, 2.05) is 38.1 Å². The number of benzene rings is 2. The van der Waals surface area contributed by atoms with Gasteiger partial charge < -0.3 is 10.6 Å². The first-order valence-corrected chi connectivity index (χ1v) is 8.89. The van der Waals surface area contributed by atoms with Crippen LogP contribution in [0.25, 0.3) is 0 Å². The molecule has 2 unspecified atom stereocenters. The lowest BCUT2D eigenvalue weighted by atomic mass is 10.1. The number of hydrogen-bond acceptors (Lipinski definition) is 3. The molecule has 0 aliphatic carbocycles. The van der Waals surface area contributed by atoms with E-state index in [4.69, 9.17) is 0 Å². The van der Waals surface area contributed by atoms with E-state index in [0.29, 0.717) is 0 Å². The van der Waals surface area contributed by atoms with Crippen LogP contribution < -0.4 is 10.6 Å². The molecule has 0 aliphatic heterocycles. The molecule has 2 aromatic rings. The number of halogens is 1. The van der Waals surface area contributed by atoms with Gasteiger partial charge in [0.05, 0.1) is 18.6 Å². The van der Waals surface area contributed by atoms with Crippen molar-refractivity contribution in [3.8, 4) is 0 Å². The number of nitrogens with zero attached hydrogens (tertiary/aromatic N) is 1. The van der Waals surface area contributed by atoms with E-state index in [0.717, 1.165) is 16.8 Å². The molecule has 0 heterocycles. The normalized spacial score (nSPS) is 13.1. The van der Waals surface area contributed by atoms with Gasteiger partial charge in [-0.3, -0.25) is 14.5 Å². The van der Waals surface area contributed by atoms with Gasteiger partial charge >= 0.3 is 0 Å². The Labute approximate surface area is 159 Å². The summed E-state index contributed by atoms with van der Waals surface area (Å²) in [4.78, 5) is 26.3. The van der Waals surface area contributed by atoms with Crippen LogP contribution in [-0.2, 0) is 9.59 Å². The minimum Gasteiger partial charge on any atom is -0.348 e. The lowest BCUT2D eigenvalue weighted by molar-refractivity contribution is -0.127. The van der Waals surface area contributed by atoms with E-state index >= 15 is 0 Å². The Balaban J connectivity index is 1.86. The lowest BCUT2D eigenvalue weighted by Gasteiger charge is -2.25. The molecular weight excluding hydrogens is 345 g/mol. The van der Waals surface area contributed by atoms with Crippen LogP contribution in [0.1, 0.15) is 31.0 Å². The fourth-order valence-electron chi connectivity index (χ4n) is 2.57. The molecule has 2 aromatic carbocycles. The number of likely N-dealkylation sites (N-methyl/N-ethyl adjacent to an activating group) is 1. The van der Waals surface area contributed by atoms with Crippen molar-refractivity contribution in [3.63, 3.8) is 0 Å². The highest BCUT2D eigenvalue weighted by Crippen LogP contribution is 2.13. The van der Waals surface area contributed by atoms with Crippen LogP contribution in [0.15, 0.2) is 48.5 Å². The molecule has 0 bridgehead atoms. The topological polar surface area (TPSA) is 61.4 Å². The summed E-state index contributed by atoms with van der Waals surface area (Å²) in [5.41, 5.74) is 2.66. The van der Waals surface area contributed by atoms with Crippen LogP contribution in [0.2, 0.25) is 0 Å². The molecule has 2 amide bonds. The minimum absolute atomic E-state index is 0.0907. The fourth-order valence-corrected chi connectivity index (χ4v) is 2.57. The highest BCUT2D eigenvalue weighted by atomic mass is 19.1. The molecule has 6 heteroatoms. The lowest BCUT2D eigenvalue weighted by Crippen LogP contribution is -2.46. The van der Waals surface area contributed by atoms with E-state index in [2.05, 4.69) is 10.6 Å². The Morgan fingerprint density at radius 2 is 1.63 bits per heavy atom. The first-order chi connectivity index (χ1) is 12.8. The van der Waals surface area contributed by atoms with Crippen molar-refractivity contribution in [1.82, 2.24) is 10.2 Å². The largest absolute Gasteiger partial charge is 0.348 e. The van der Waals surface area contributed by atoms with Gasteiger partial charge in [-0.05, 0) is 57.6 Å².